The summed E-state index contributed by atoms with van der Waals surface area (Å²) in [5.41, 5.74) is 1.49. The molecule has 0 aliphatic heterocycles. The molecule has 0 saturated carbocycles. The first-order valence-electron chi connectivity index (χ1n) is 4.63. The third kappa shape index (κ3) is 4.32. The molecule has 3 nitrogen and oxygen atoms in total. The van der Waals surface area contributed by atoms with Crippen LogP contribution < -0.4 is 5.32 Å². The molecule has 0 fully saturated rings. The Morgan fingerprint density at radius 2 is 1.93 bits per heavy atom. The highest BCUT2D eigenvalue weighted by atomic mass is 35.5. The molecular weight excluding hydrogens is 214 g/mol. The van der Waals surface area contributed by atoms with Gasteiger partial charge in [-0.1, -0.05) is 12.1 Å². The number of aromatic carboxylic acids is 1. The Labute approximate surface area is 95.9 Å². The highest BCUT2D eigenvalue weighted by molar-refractivity contribution is 5.87. The molecule has 1 atom stereocenters. The largest absolute Gasteiger partial charge is 0.478 e. The molecule has 1 rings (SSSR count). The monoisotopic (exact) mass is 229 g/mol. The first-order valence-corrected chi connectivity index (χ1v) is 4.63. The fourth-order valence-corrected chi connectivity index (χ4v) is 1.24. The normalized spacial score (nSPS) is 11.6. The molecule has 0 aromatic heterocycles. The van der Waals surface area contributed by atoms with Gasteiger partial charge in [-0.2, -0.15) is 0 Å². The van der Waals surface area contributed by atoms with Crippen LogP contribution in [0.3, 0.4) is 0 Å². The number of carboxylic acid groups (broad SMARTS) is 1. The molecule has 0 aliphatic carbocycles. The van der Waals surface area contributed by atoms with Crippen molar-refractivity contribution in [2.75, 3.05) is 7.05 Å². The summed E-state index contributed by atoms with van der Waals surface area (Å²) in [5.74, 6) is -0.877. The molecule has 0 bridgehead atoms. The van der Waals surface area contributed by atoms with Gasteiger partial charge in [0.15, 0.2) is 0 Å². The van der Waals surface area contributed by atoms with Crippen molar-refractivity contribution < 1.29 is 9.90 Å². The molecule has 1 aromatic rings. The molecule has 0 radical (unpaired) electrons. The van der Waals surface area contributed by atoms with Gasteiger partial charge in [0.1, 0.15) is 0 Å². The first kappa shape index (κ1) is 13.9. The van der Waals surface area contributed by atoms with Crippen LogP contribution in [-0.4, -0.2) is 24.2 Å². The number of hydrogen-bond donors (Lipinski definition) is 2. The summed E-state index contributed by atoms with van der Waals surface area (Å²) in [5, 5.41) is 11.8. The predicted molar refractivity (Wildman–Crippen MR) is 62.9 cm³/mol. The van der Waals surface area contributed by atoms with Gasteiger partial charge in [-0.15, -0.1) is 12.4 Å². The predicted octanol–water partition coefficient (Wildman–Crippen LogP) is 1.96. The van der Waals surface area contributed by atoms with Crippen LogP contribution in [0.25, 0.3) is 0 Å². The minimum absolute atomic E-state index is 0. The zero-order valence-electron chi connectivity index (χ0n) is 8.86. The van der Waals surface area contributed by atoms with Gasteiger partial charge in [0.05, 0.1) is 5.56 Å². The zero-order valence-corrected chi connectivity index (χ0v) is 9.67. The molecule has 0 saturated heterocycles. The smallest absolute Gasteiger partial charge is 0.335 e. The van der Waals surface area contributed by atoms with Crippen LogP contribution in [0.15, 0.2) is 24.3 Å². The summed E-state index contributed by atoms with van der Waals surface area (Å²) in [6.45, 7) is 2.09. The molecule has 15 heavy (non-hydrogen) atoms. The highest BCUT2D eigenvalue weighted by Crippen LogP contribution is 2.06. The second-order valence-electron chi connectivity index (χ2n) is 3.40. The van der Waals surface area contributed by atoms with E-state index in [1.807, 2.05) is 19.2 Å². The number of rotatable bonds is 4. The quantitative estimate of drug-likeness (QED) is 0.830. The van der Waals surface area contributed by atoms with Crippen molar-refractivity contribution in [2.45, 2.75) is 19.4 Å². The number of benzene rings is 1. The Morgan fingerprint density at radius 3 is 2.33 bits per heavy atom. The van der Waals surface area contributed by atoms with Crippen molar-refractivity contribution in [3.05, 3.63) is 35.4 Å². The minimum atomic E-state index is -0.877. The number of hydrogen-bond acceptors (Lipinski definition) is 2. The van der Waals surface area contributed by atoms with E-state index < -0.39 is 5.97 Å². The molecular formula is C11H16ClNO2. The van der Waals surface area contributed by atoms with Gasteiger partial charge in [-0.25, -0.2) is 4.79 Å². The summed E-state index contributed by atoms with van der Waals surface area (Å²) >= 11 is 0. The third-order valence-electron chi connectivity index (χ3n) is 2.24. The highest BCUT2D eigenvalue weighted by Gasteiger charge is 2.03. The third-order valence-corrected chi connectivity index (χ3v) is 2.24. The average Bonchev–Trinajstić information content (AvgIpc) is 2.18. The fraction of sp³-hybridized carbons (Fsp3) is 0.364. The van der Waals surface area contributed by atoms with E-state index in [4.69, 9.17) is 5.11 Å². The average molecular weight is 230 g/mol. The lowest BCUT2D eigenvalue weighted by atomic mass is 10.1. The van der Waals surface area contributed by atoms with Gasteiger partial charge >= 0.3 is 5.97 Å². The van der Waals surface area contributed by atoms with Crippen molar-refractivity contribution in [3.63, 3.8) is 0 Å². The van der Waals surface area contributed by atoms with Gasteiger partial charge in [-0.3, -0.25) is 0 Å². The van der Waals surface area contributed by atoms with Gasteiger partial charge in [0.2, 0.25) is 0 Å². The number of nitrogens with one attached hydrogen (secondary N) is 1. The molecule has 4 heteroatoms. The van der Waals surface area contributed by atoms with Crippen molar-refractivity contribution in [1.29, 1.82) is 0 Å². The molecule has 84 valence electrons. The maximum absolute atomic E-state index is 10.6. The van der Waals surface area contributed by atoms with Crippen LogP contribution in [0, 0.1) is 0 Å². The standard InChI is InChI=1S/C11H15NO2.ClH/c1-8(12-2)7-9-3-5-10(6-4-9)11(13)14;/h3-6,8,12H,7H2,1-2H3,(H,13,14);1H/t8-;/m0./s1. The van der Waals surface area contributed by atoms with Gasteiger partial charge in [0.25, 0.3) is 0 Å². The van der Waals surface area contributed by atoms with Crippen molar-refractivity contribution in [2.24, 2.45) is 0 Å². The Hall–Kier alpha value is -1.06. The van der Waals surface area contributed by atoms with E-state index in [-0.39, 0.29) is 12.4 Å². The Balaban J connectivity index is 0.00000196. The lowest BCUT2D eigenvalue weighted by Gasteiger charge is -2.09. The zero-order chi connectivity index (χ0) is 10.6. The van der Waals surface area contributed by atoms with Crippen molar-refractivity contribution >= 4 is 18.4 Å². The lowest BCUT2D eigenvalue weighted by molar-refractivity contribution is 0.0697. The summed E-state index contributed by atoms with van der Waals surface area (Å²) in [6.07, 6.45) is 0.913. The van der Waals surface area contributed by atoms with E-state index in [9.17, 15) is 4.79 Å². The van der Waals surface area contributed by atoms with Crippen LogP contribution in [-0.2, 0) is 6.42 Å². The van der Waals surface area contributed by atoms with Crippen molar-refractivity contribution in [3.8, 4) is 0 Å². The fourth-order valence-electron chi connectivity index (χ4n) is 1.24. The summed E-state index contributed by atoms with van der Waals surface area (Å²) in [6, 6.07) is 7.40. The SMILES string of the molecule is CN[C@@H](C)Cc1ccc(C(=O)O)cc1.Cl. The number of likely N-dealkylation sites (N-methyl/N-ethyl adjacent to an activating group) is 1. The Morgan fingerprint density at radius 1 is 1.40 bits per heavy atom. The topological polar surface area (TPSA) is 49.3 Å². The molecule has 2 N–H and O–H groups in total. The Kier molecular flexibility index (Phi) is 5.97. The molecule has 0 aliphatic rings. The van der Waals surface area contributed by atoms with E-state index in [0.717, 1.165) is 12.0 Å². The van der Waals surface area contributed by atoms with E-state index in [1.54, 1.807) is 12.1 Å². The maximum atomic E-state index is 10.6. The molecule has 0 unspecified atom stereocenters. The second kappa shape index (κ2) is 6.43. The van der Waals surface area contributed by atoms with Gasteiger partial charge in [-0.05, 0) is 38.1 Å². The van der Waals surface area contributed by atoms with E-state index >= 15 is 0 Å². The first-order chi connectivity index (χ1) is 6.63. The lowest BCUT2D eigenvalue weighted by Crippen LogP contribution is -2.23. The molecule has 1 aromatic carbocycles. The molecule has 0 heterocycles. The molecule has 0 spiro atoms. The van der Waals surface area contributed by atoms with Gasteiger partial charge < -0.3 is 10.4 Å². The summed E-state index contributed by atoms with van der Waals surface area (Å²) in [7, 11) is 1.91. The summed E-state index contributed by atoms with van der Waals surface area (Å²) < 4.78 is 0. The number of carbonyl (C=O) groups is 1. The van der Waals surface area contributed by atoms with E-state index in [1.165, 1.54) is 0 Å². The second-order valence-corrected chi connectivity index (χ2v) is 3.40. The van der Waals surface area contributed by atoms with Crippen LogP contribution >= 0.6 is 12.4 Å². The van der Waals surface area contributed by atoms with Crippen LogP contribution in [0.2, 0.25) is 0 Å². The van der Waals surface area contributed by atoms with Crippen molar-refractivity contribution in [1.82, 2.24) is 5.32 Å². The van der Waals surface area contributed by atoms with Gasteiger partial charge in [0, 0.05) is 6.04 Å². The Bertz CT molecular complexity index is 311. The molecule has 0 amide bonds. The minimum Gasteiger partial charge on any atom is -0.478 e. The van der Waals surface area contributed by atoms with E-state index in [0.29, 0.717) is 11.6 Å². The number of halogens is 1. The van der Waals surface area contributed by atoms with Crippen LogP contribution in [0.4, 0.5) is 0 Å². The van der Waals surface area contributed by atoms with E-state index in [2.05, 4.69) is 12.2 Å². The number of carboxylic acids is 1. The maximum Gasteiger partial charge on any atom is 0.335 e. The van der Waals surface area contributed by atoms with Crippen LogP contribution in [0.5, 0.6) is 0 Å². The summed E-state index contributed by atoms with van der Waals surface area (Å²) in [4.78, 5) is 10.6. The van der Waals surface area contributed by atoms with Crippen LogP contribution in [0.1, 0.15) is 22.8 Å².